The van der Waals surface area contributed by atoms with E-state index >= 15 is 0 Å². The van der Waals surface area contributed by atoms with Crippen molar-refractivity contribution in [2.45, 2.75) is 26.2 Å². The van der Waals surface area contributed by atoms with Gasteiger partial charge in [0.15, 0.2) is 0 Å². The highest BCUT2D eigenvalue weighted by atomic mass is 35.5. The third-order valence-electron chi connectivity index (χ3n) is 3.53. The summed E-state index contributed by atoms with van der Waals surface area (Å²) in [6.07, 6.45) is 3.33. The molecule has 1 atom stereocenters. The van der Waals surface area contributed by atoms with Crippen LogP contribution in [-0.2, 0) is 0 Å². The molecule has 0 spiro atoms. The molecule has 1 unspecified atom stereocenters. The minimum atomic E-state index is 0.0223. The van der Waals surface area contributed by atoms with Crippen LogP contribution >= 0.6 is 11.6 Å². The second-order valence-corrected chi connectivity index (χ2v) is 5.47. The molecule has 0 radical (unpaired) electrons. The van der Waals surface area contributed by atoms with E-state index in [1.165, 1.54) is 6.42 Å². The number of nitrogen functional groups attached to an aromatic ring is 1. The van der Waals surface area contributed by atoms with Crippen molar-refractivity contribution in [1.82, 2.24) is 4.90 Å². The van der Waals surface area contributed by atoms with Crippen LogP contribution in [0.4, 0.5) is 5.69 Å². The van der Waals surface area contributed by atoms with E-state index in [9.17, 15) is 4.79 Å². The molecule has 4 heteroatoms. The standard InChI is InChI=1S/C14H19ClN2O/c1-10-3-2-7-17(8-6-10)14(18)12-5-4-11(16)9-13(12)15/h4-5,9-10H,2-3,6-8,16H2,1H3. The number of carbonyl (C=O) groups excluding carboxylic acids is 1. The Balaban J connectivity index is 2.15. The molecule has 2 N–H and O–H groups in total. The fourth-order valence-electron chi connectivity index (χ4n) is 2.34. The van der Waals surface area contributed by atoms with Crippen LogP contribution in [0.3, 0.4) is 0 Å². The number of rotatable bonds is 1. The van der Waals surface area contributed by atoms with E-state index < -0.39 is 0 Å². The Kier molecular flexibility index (Phi) is 4.12. The number of halogens is 1. The summed E-state index contributed by atoms with van der Waals surface area (Å²) in [6, 6.07) is 5.07. The molecule has 1 fully saturated rings. The summed E-state index contributed by atoms with van der Waals surface area (Å²) in [5.74, 6) is 0.721. The molecule has 1 heterocycles. The molecule has 0 bridgehead atoms. The van der Waals surface area contributed by atoms with Gasteiger partial charge in [0.25, 0.3) is 5.91 Å². The van der Waals surface area contributed by atoms with Gasteiger partial charge in [-0.05, 0) is 43.4 Å². The second-order valence-electron chi connectivity index (χ2n) is 5.07. The molecule has 0 aromatic heterocycles. The summed E-state index contributed by atoms with van der Waals surface area (Å²) < 4.78 is 0. The first kappa shape index (κ1) is 13.2. The van der Waals surface area contributed by atoms with Crippen LogP contribution in [0.1, 0.15) is 36.5 Å². The lowest BCUT2D eigenvalue weighted by molar-refractivity contribution is 0.0760. The van der Waals surface area contributed by atoms with Gasteiger partial charge >= 0.3 is 0 Å². The van der Waals surface area contributed by atoms with Gasteiger partial charge in [-0.2, -0.15) is 0 Å². The normalized spacial score (nSPS) is 20.6. The van der Waals surface area contributed by atoms with Crippen LogP contribution in [0, 0.1) is 5.92 Å². The maximum Gasteiger partial charge on any atom is 0.255 e. The van der Waals surface area contributed by atoms with E-state index in [2.05, 4.69) is 6.92 Å². The Morgan fingerprint density at radius 1 is 1.39 bits per heavy atom. The molecule has 1 saturated heterocycles. The fraction of sp³-hybridized carbons (Fsp3) is 0.500. The molecule has 0 saturated carbocycles. The first-order valence-corrected chi connectivity index (χ1v) is 6.80. The van der Waals surface area contributed by atoms with Gasteiger partial charge in [-0.1, -0.05) is 18.5 Å². The maximum atomic E-state index is 12.4. The third kappa shape index (κ3) is 2.96. The number of nitrogens with two attached hydrogens (primary N) is 1. The van der Waals surface area contributed by atoms with Crippen molar-refractivity contribution in [3.8, 4) is 0 Å². The van der Waals surface area contributed by atoms with Gasteiger partial charge in [0.05, 0.1) is 10.6 Å². The highest BCUT2D eigenvalue weighted by Gasteiger charge is 2.21. The zero-order chi connectivity index (χ0) is 13.1. The van der Waals surface area contributed by atoms with Crippen molar-refractivity contribution in [1.29, 1.82) is 0 Å². The van der Waals surface area contributed by atoms with Gasteiger partial charge in [0, 0.05) is 18.8 Å². The molecule has 1 aromatic carbocycles. The lowest BCUT2D eigenvalue weighted by atomic mass is 10.0. The Hall–Kier alpha value is -1.22. The largest absolute Gasteiger partial charge is 0.399 e. The SMILES string of the molecule is CC1CCCN(C(=O)c2ccc(N)cc2Cl)CC1. The van der Waals surface area contributed by atoms with Gasteiger partial charge in [-0.15, -0.1) is 0 Å². The summed E-state index contributed by atoms with van der Waals surface area (Å²) in [5, 5.41) is 0.442. The lowest BCUT2D eigenvalue weighted by Crippen LogP contribution is -2.32. The van der Waals surface area contributed by atoms with E-state index in [1.807, 2.05) is 4.90 Å². The number of amides is 1. The number of likely N-dealkylation sites (tertiary alicyclic amines) is 1. The Morgan fingerprint density at radius 3 is 2.89 bits per heavy atom. The van der Waals surface area contributed by atoms with Crippen LogP contribution in [-0.4, -0.2) is 23.9 Å². The quantitative estimate of drug-likeness (QED) is 0.794. The van der Waals surface area contributed by atoms with E-state index in [0.29, 0.717) is 22.2 Å². The molecular formula is C14H19ClN2O. The summed E-state index contributed by atoms with van der Waals surface area (Å²) in [5.41, 5.74) is 6.78. The van der Waals surface area contributed by atoms with Gasteiger partial charge in [-0.3, -0.25) is 4.79 Å². The molecule has 1 aliphatic heterocycles. The van der Waals surface area contributed by atoms with Gasteiger partial charge in [0.2, 0.25) is 0 Å². The molecule has 18 heavy (non-hydrogen) atoms. The Morgan fingerprint density at radius 2 is 2.17 bits per heavy atom. The van der Waals surface area contributed by atoms with E-state index in [1.54, 1.807) is 18.2 Å². The fourth-order valence-corrected chi connectivity index (χ4v) is 2.61. The number of benzene rings is 1. The van der Waals surface area contributed by atoms with Gasteiger partial charge in [0.1, 0.15) is 0 Å². The summed E-state index contributed by atoms with van der Waals surface area (Å²) in [7, 11) is 0. The first-order chi connectivity index (χ1) is 8.58. The topological polar surface area (TPSA) is 46.3 Å². The number of anilines is 1. The molecule has 0 aliphatic carbocycles. The smallest absolute Gasteiger partial charge is 0.255 e. The van der Waals surface area contributed by atoms with Gasteiger partial charge < -0.3 is 10.6 Å². The van der Waals surface area contributed by atoms with E-state index in [0.717, 1.165) is 25.9 Å². The average Bonchev–Trinajstić information content (AvgIpc) is 2.53. The van der Waals surface area contributed by atoms with E-state index in [-0.39, 0.29) is 5.91 Å². The molecule has 3 nitrogen and oxygen atoms in total. The predicted octanol–water partition coefficient (Wildman–Crippen LogP) is 3.18. The van der Waals surface area contributed by atoms with Crippen molar-refractivity contribution in [3.05, 3.63) is 28.8 Å². The summed E-state index contributed by atoms with van der Waals surface area (Å²) in [4.78, 5) is 14.3. The lowest BCUT2D eigenvalue weighted by Gasteiger charge is -2.21. The Labute approximate surface area is 113 Å². The maximum absolute atomic E-state index is 12.4. The molecule has 1 amide bonds. The van der Waals surface area contributed by atoms with Crippen LogP contribution in [0.2, 0.25) is 5.02 Å². The minimum Gasteiger partial charge on any atom is -0.399 e. The number of carbonyl (C=O) groups is 1. The zero-order valence-corrected chi connectivity index (χ0v) is 11.4. The highest BCUT2D eigenvalue weighted by molar-refractivity contribution is 6.34. The monoisotopic (exact) mass is 266 g/mol. The second kappa shape index (κ2) is 5.61. The van der Waals surface area contributed by atoms with Gasteiger partial charge in [-0.25, -0.2) is 0 Å². The predicted molar refractivity (Wildman–Crippen MR) is 74.8 cm³/mol. The van der Waals surface area contributed by atoms with Crippen molar-refractivity contribution >= 4 is 23.2 Å². The zero-order valence-electron chi connectivity index (χ0n) is 10.7. The van der Waals surface area contributed by atoms with Crippen molar-refractivity contribution in [3.63, 3.8) is 0 Å². The molecule has 1 aromatic rings. The summed E-state index contributed by atoms with van der Waals surface area (Å²) in [6.45, 7) is 3.88. The third-order valence-corrected chi connectivity index (χ3v) is 3.84. The van der Waals surface area contributed by atoms with Crippen LogP contribution in [0.25, 0.3) is 0 Å². The van der Waals surface area contributed by atoms with Crippen molar-refractivity contribution in [2.75, 3.05) is 18.8 Å². The number of nitrogens with zero attached hydrogens (tertiary/aromatic N) is 1. The molecule has 98 valence electrons. The summed E-state index contributed by atoms with van der Waals surface area (Å²) >= 11 is 6.09. The van der Waals surface area contributed by atoms with Crippen LogP contribution in [0.5, 0.6) is 0 Å². The number of hydrogen-bond donors (Lipinski definition) is 1. The van der Waals surface area contributed by atoms with E-state index in [4.69, 9.17) is 17.3 Å². The van der Waals surface area contributed by atoms with Crippen LogP contribution in [0.15, 0.2) is 18.2 Å². The minimum absolute atomic E-state index is 0.0223. The average molecular weight is 267 g/mol. The van der Waals surface area contributed by atoms with Crippen molar-refractivity contribution in [2.24, 2.45) is 5.92 Å². The molecular weight excluding hydrogens is 248 g/mol. The number of hydrogen-bond acceptors (Lipinski definition) is 2. The van der Waals surface area contributed by atoms with Crippen LogP contribution < -0.4 is 5.73 Å². The molecule has 2 rings (SSSR count). The molecule has 1 aliphatic rings. The first-order valence-electron chi connectivity index (χ1n) is 6.42. The highest BCUT2D eigenvalue weighted by Crippen LogP contribution is 2.23. The Bertz CT molecular complexity index is 447. The van der Waals surface area contributed by atoms with Crippen molar-refractivity contribution < 1.29 is 4.79 Å².